The Hall–Kier alpha value is -2.43. The van der Waals surface area contributed by atoms with Crippen molar-refractivity contribution in [2.75, 3.05) is 11.5 Å². The van der Waals surface area contributed by atoms with Crippen molar-refractivity contribution in [3.05, 3.63) is 96.1 Å². The van der Waals surface area contributed by atoms with Gasteiger partial charge in [0.2, 0.25) is 0 Å². The SMILES string of the molecule is O=C(c1ccccc1)n1c2c(c3ccccc31)C(CSc1ccccc1)CS2. The minimum absolute atomic E-state index is 0.0573. The largest absolute Gasteiger partial charge is 0.270 e. The summed E-state index contributed by atoms with van der Waals surface area (Å²) in [6, 6.07) is 28.4. The van der Waals surface area contributed by atoms with E-state index in [1.165, 1.54) is 15.8 Å². The summed E-state index contributed by atoms with van der Waals surface area (Å²) in [7, 11) is 0. The molecule has 2 heterocycles. The molecule has 1 unspecified atom stereocenters. The van der Waals surface area contributed by atoms with E-state index in [2.05, 4.69) is 48.5 Å². The van der Waals surface area contributed by atoms with E-state index >= 15 is 0 Å². The molecule has 0 spiro atoms. The predicted octanol–water partition coefficient (Wildman–Crippen LogP) is 6.31. The number of carbonyl (C=O) groups is 1. The van der Waals surface area contributed by atoms with Crippen LogP contribution in [0, 0.1) is 0 Å². The lowest BCUT2D eigenvalue weighted by Gasteiger charge is -2.10. The maximum Gasteiger partial charge on any atom is 0.263 e. The van der Waals surface area contributed by atoms with Crippen LogP contribution in [0.4, 0.5) is 0 Å². The zero-order valence-electron chi connectivity index (χ0n) is 15.2. The summed E-state index contributed by atoms with van der Waals surface area (Å²) in [5.74, 6) is 2.55. The summed E-state index contributed by atoms with van der Waals surface area (Å²) in [5.41, 5.74) is 3.09. The van der Waals surface area contributed by atoms with E-state index in [1.807, 2.05) is 64.5 Å². The Morgan fingerprint density at radius 3 is 2.39 bits per heavy atom. The van der Waals surface area contributed by atoms with Crippen molar-refractivity contribution in [1.82, 2.24) is 4.57 Å². The van der Waals surface area contributed by atoms with E-state index in [4.69, 9.17) is 0 Å². The number of thioether (sulfide) groups is 2. The molecule has 138 valence electrons. The van der Waals surface area contributed by atoms with E-state index < -0.39 is 0 Å². The topological polar surface area (TPSA) is 22.0 Å². The summed E-state index contributed by atoms with van der Waals surface area (Å²) in [6.45, 7) is 0. The third-order valence-electron chi connectivity index (χ3n) is 5.12. The molecule has 2 nitrogen and oxygen atoms in total. The molecular weight excluding hydrogens is 382 g/mol. The molecule has 0 radical (unpaired) electrons. The molecule has 0 fully saturated rings. The average Bonchev–Trinajstić information content (AvgIpc) is 3.31. The lowest BCUT2D eigenvalue weighted by Crippen LogP contribution is -2.12. The Morgan fingerprint density at radius 2 is 1.61 bits per heavy atom. The molecule has 28 heavy (non-hydrogen) atoms. The van der Waals surface area contributed by atoms with Gasteiger partial charge in [0.05, 0.1) is 10.5 Å². The van der Waals surface area contributed by atoms with E-state index in [1.54, 1.807) is 0 Å². The fourth-order valence-electron chi connectivity index (χ4n) is 3.80. The number of nitrogens with zero attached hydrogens (tertiary/aromatic N) is 1. The Bertz CT molecular complexity index is 1140. The highest BCUT2D eigenvalue weighted by Crippen LogP contribution is 2.47. The van der Waals surface area contributed by atoms with Crippen LogP contribution in [0.25, 0.3) is 10.9 Å². The zero-order valence-corrected chi connectivity index (χ0v) is 16.9. The molecule has 4 heteroatoms. The van der Waals surface area contributed by atoms with Gasteiger partial charge in [0, 0.05) is 33.3 Å². The van der Waals surface area contributed by atoms with Crippen LogP contribution in [0.1, 0.15) is 21.8 Å². The van der Waals surface area contributed by atoms with Crippen molar-refractivity contribution >= 4 is 40.3 Å². The highest BCUT2D eigenvalue weighted by molar-refractivity contribution is 8.00. The fourth-order valence-corrected chi connectivity index (χ4v) is 6.36. The van der Waals surface area contributed by atoms with Crippen LogP contribution in [0.2, 0.25) is 0 Å². The Morgan fingerprint density at radius 1 is 0.929 bits per heavy atom. The van der Waals surface area contributed by atoms with Gasteiger partial charge in [-0.25, -0.2) is 0 Å². The maximum absolute atomic E-state index is 13.3. The molecule has 3 aromatic carbocycles. The van der Waals surface area contributed by atoms with Crippen LogP contribution in [-0.2, 0) is 0 Å². The van der Waals surface area contributed by atoms with E-state index in [9.17, 15) is 4.79 Å². The third-order valence-corrected chi connectivity index (χ3v) is 7.54. The van der Waals surface area contributed by atoms with Crippen LogP contribution in [0.5, 0.6) is 0 Å². The molecule has 5 rings (SSSR count). The monoisotopic (exact) mass is 401 g/mol. The second-order valence-electron chi connectivity index (χ2n) is 6.87. The fraction of sp³-hybridized carbons (Fsp3) is 0.125. The van der Waals surface area contributed by atoms with Gasteiger partial charge in [-0.15, -0.1) is 23.5 Å². The lowest BCUT2D eigenvalue weighted by atomic mass is 10.0. The second-order valence-corrected chi connectivity index (χ2v) is 8.98. The number of rotatable bonds is 4. The molecule has 1 aromatic heterocycles. The highest BCUT2D eigenvalue weighted by Gasteiger charge is 2.32. The van der Waals surface area contributed by atoms with Crippen molar-refractivity contribution < 1.29 is 4.79 Å². The number of benzene rings is 3. The van der Waals surface area contributed by atoms with Gasteiger partial charge in [-0.05, 0) is 35.9 Å². The van der Waals surface area contributed by atoms with Crippen LogP contribution in [-0.4, -0.2) is 22.0 Å². The third kappa shape index (κ3) is 3.07. The van der Waals surface area contributed by atoms with Gasteiger partial charge < -0.3 is 0 Å². The van der Waals surface area contributed by atoms with Crippen LogP contribution in [0.15, 0.2) is 94.9 Å². The summed E-state index contributed by atoms with van der Waals surface area (Å²) in [6.07, 6.45) is 0. The first-order valence-corrected chi connectivity index (χ1v) is 11.3. The summed E-state index contributed by atoms with van der Waals surface area (Å²) in [5, 5.41) is 2.33. The van der Waals surface area contributed by atoms with Gasteiger partial charge in [0.25, 0.3) is 5.91 Å². The molecule has 1 aliphatic heterocycles. The zero-order chi connectivity index (χ0) is 18.9. The van der Waals surface area contributed by atoms with Crippen molar-refractivity contribution in [3.63, 3.8) is 0 Å². The van der Waals surface area contributed by atoms with Gasteiger partial charge in [-0.3, -0.25) is 9.36 Å². The number of carbonyl (C=O) groups excluding carboxylic acids is 1. The summed E-state index contributed by atoms with van der Waals surface area (Å²) < 4.78 is 1.93. The van der Waals surface area contributed by atoms with Gasteiger partial charge in [-0.1, -0.05) is 54.6 Å². The van der Waals surface area contributed by atoms with Crippen molar-refractivity contribution in [2.24, 2.45) is 0 Å². The molecule has 0 amide bonds. The quantitative estimate of drug-likeness (QED) is 0.374. The minimum Gasteiger partial charge on any atom is -0.270 e. The Kier molecular flexibility index (Phi) is 4.75. The van der Waals surface area contributed by atoms with Crippen LogP contribution < -0.4 is 0 Å². The van der Waals surface area contributed by atoms with Gasteiger partial charge in [0.15, 0.2) is 0 Å². The van der Waals surface area contributed by atoms with E-state index in [0.717, 1.165) is 27.6 Å². The normalized spacial score (nSPS) is 15.6. The molecule has 0 N–H and O–H groups in total. The van der Waals surface area contributed by atoms with E-state index in [-0.39, 0.29) is 5.91 Å². The number of fused-ring (bicyclic) bond motifs is 3. The molecule has 1 atom stereocenters. The van der Waals surface area contributed by atoms with Crippen molar-refractivity contribution in [1.29, 1.82) is 0 Å². The number of hydrogen-bond donors (Lipinski definition) is 0. The molecule has 0 saturated carbocycles. The van der Waals surface area contributed by atoms with Crippen LogP contribution in [0.3, 0.4) is 0 Å². The predicted molar refractivity (Wildman–Crippen MR) is 119 cm³/mol. The second kappa shape index (κ2) is 7.53. The van der Waals surface area contributed by atoms with Gasteiger partial charge in [0.1, 0.15) is 0 Å². The first kappa shape index (κ1) is 17.7. The maximum atomic E-state index is 13.3. The molecule has 1 aliphatic rings. The van der Waals surface area contributed by atoms with Crippen molar-refractivity contribution in [3.8, 4) is 0 Å². The summed E-state index contributed by atoms with van der Waals surface area (Å²) in [4.78, 5) is 14.6. The number of hydrogen-bond acceptors (Lipinski definition) is 3. The van der Waals surface area contributed by atoms with Crippen LogP contribution >= 0.6 is 23.5 Å². The smallest absolute Gasteiger partial charge is 0.263 e. The molecule has 4 aromatic rings. The standard InChI is InChI=1S/C24H19NOS2/c26-23(17-9-3-1-4-10-17)25-21-14-8-7-13-20(21)22-18(16-28-24(22)25)15-27-19-11-5-2-6-12-19/h1-14,18H,15-16H2. The Balaban J connectivity index is 1.55. The molecule has 0 bridgehead atoms. The van der Waals surface area contributed by atoms with E-state index in [0.29, 0.717) is 5.92 Å². The Labute approximate surface area is 173 Å². The first-order valence-electron chi connectivity index (χ1n) is 9.36. The molecule has 0 saturated heterocycles. The van der Waals surface area contributed by atoms with Gasteiger partial charge in [-0.2, -0.15) is 0 Å². The molecular formula is C24H19NOS2. The molecule has 0 aliphatic carbocycles. The summed E-state index contributed by atoms with van der Waals surface area (Å²) >= 11 is 3.71. The number of aromatic nitrogens is 1. The average molecular weight is 402 g/mol. The lowest BCUT2D eigenvalue weighted by molar-refractivity contribution is 0.0956. The van der Waals surface area contributed by atoms with Gasteiger partial charge >= 0.3 is 0 Å². The number of para-hydroxylation sites is 1. The first-order chi connectivity index (χ1) is 13.8. The highest BCUT2D eigenvalue weighted by atomic mass is 32.2. The minimum atomic E-state index is 0.0573. The van der Waals surface area contributed by atoms with Crippen molar-refractivity contribution in [2.45, 2.75) is 15.8 Å².